The summed E-state index contributed by atoms with van der Waals surface area (Å²) in [6.07, 6.45) is 7.70. The summed E-state index contributed by atoms with van der Waals surface area (Å²) in [4.78, 5) is 2.54. The smallest absolute Gasteiger partial charge is 0.0767 e. The molecule has 0 amide bonds. The number of nitrogens with zero attached hydrogens (tertiary/aromatic N) is 1. The van der Waals surface area contributed by atoms with Crippen LogP contribution in [0.25, 0.3) is 0 Å². The predicted molar refractivity (Wildman–Crippen MR) is 79.8 cm³/mol. The van der Waals surface area contributed by atoms with Gasteiger partial charge in [-0.15, -0.1) is 0 Å². The van der Waals surface area contributed by atoms with Crippen LogP contribution in [0.1, 0.15) is 65.7 Å². The maximum absolute atomic E-state index is 10.2. The Balaban J connectivity index is 3.93. The molecule has 0 aromatic carbocycles. The summed E-state index contributed by atoms with van der Waals surface area (Å²) < 4.78 is 0. The topological polar surface area (TPSA) is 49.5 Å². The predicted octanol–water partition coefficient (Wildman–Crippen LogP) is 2.77. The van der Waals surface area contributed by atoms with Crippen molar-refractivity contribution < 1.29 is 5.11 Å². The summed E-state index contributed by atoms with van der Waals surface area (Å²) in [5, 5.41) is 10.2. The van der Waals surface area contributed by atoms with Gasteiger partial charge in [-0.05, 0) is 51.7 Å². The maximum atomic E-state index is 10.2. The van der Waals surface area contributed by atoms with Gasteiger partial charge in [0.2, 0.25) is 0 Å². The first-order valence-electron chi connectivity index (χ1n) is 7.76. The Morgan fingerprint density at radius 3 is 1.83 bits per heavy atom. The highest BCUT2D eigenvalue weighted by molar-refractivity contribution is 4.78. The van der Waals surface area contributed by atoms with E-state index in [0.29, 0.717) is 6.54 Å². The molecule has 0 spiro atoms. The molecule has 0 fully saturated rings. The van der Waals surface area contributed by atoms with Crippen LogP contribution < -0.4 is 5.73 Å². The molecule has 3 nitrogen and oxygen atoms in total. The molecule has 0 aromatic heterocycles. The summed E-state index contributed by atoms with van der Waals surface area (Å²) in [6.45, 7) is 10.4. The van der Waals surface area contributed by atoms with Crippen molar-refractivity contribution in [1.82, 2.24) is 4.90 Å². The Labute approximate surface area is 114 Å². The summed E-state index contributed by atoms with van der Waals surface area (Å²) in [6, 6.07) is 0. The molecule has 0 radical (unpaired) electrons. The van der Waals surface area contributed by atoms with Gasteiger partial charge in [-0.1, -0.05) is 33.6 Å². The molecule has 0 aliphatic heterocycles. The molecule has 110 valence electrons. The van der Waals surface area contributed by atoms with Crippen molar-refractivity contribution in [3.63, 3.8) is 0 Å². The van der Waals surface area contributed by atoms with Crippen molar-refractivity contribution in [3.8, 4) is 0 Å². The van der Waals surface area contributed by atoms with E-state index in [-0.39, 0.29) is 0 Å². The van der Waals surface area contributed by atoms with Gasteiger partial charge in [0.15, 0.2) is 0 Å². The molecule has 0 bridgehead atoms. The lowest BCUT2D eigenvalue weighted by atomic mass is 9.95. The van der Waals surface area contributed by atoms with Crippen LogP contribution >= 0.6 is 0 Å². The summed E-state index contributed by atoms with van der Waals surface area (Å²) in [5.41, 5.74) is 4.99. The number of nitrogens with two attached hydrogens (primary N) is 1. The molecule has 0 aliphatic carbocycles. The van der Waals surface area contributed by atoms with E-state index in [2.05, 4.69) is 18.7 Å². The maximum Gasteiger partial charge on any atom is 0.0767 e. The minimum absolute atomic E-state index is 0.382. The first-order chi connectivity index (χ1) is 8.61. The number of rotatable bonds is 12. The number of unbranched alkanes of at least 4 members (excludes halogenated alkanes) is 2. The van der Waals surface area contributed by atoms with Crippen LogP contribution in [0.5, 0.6) is 0 Å². The third-order valence-corrected chi connectivity index (χ3v) is 3.81. The monoisotopic (exact) mass is 258 g/mol. The molecule has 3 heteroatoms. The molecular formula is C15H34N2O. The van der Waals surface area contributed by atoms with Crippen molar-refractivity contribution in [2.75, 3.05) is 26.2 Å². The number of aliphatic hydroxyl groups is 1. The van der Waals surface area contributed by atoms with Crippen LogP contribution in [-0.2, 0) is 0 Å². The average Bonchev–Trinajstić information content (AvgIpc) is 2.40. The minimum Gasteiger partial charge on any atom is -0.389 e. The Hall–Kier alpha value is -0.120. The lowest BCUT2D eigenvalue weighted by molar-refractivity contribution is 0.0315. The van der Waals surface area contributed by atoms with Crippen molar-refractivity contribution >= 4 is 0 Å². The first-order valence-corrected chi connectivity index (χ1v) is 7.76. The van der Waals surface area contributed by atoms with Gasteiger partial charge in [-0.3, -0.25) is 0 Å². The molecular weight excluding hydrogens is 224 g/mol. The van der Waals surface area contributed by atoms with Crippen molar-refractivity contribution in [2.45, 2.75) is 71.3 Å². The highest BCUT2D eigenvalue weighted by Gasteiger charge is 2.22. The van der Waals surface area contributed by atoms with Gasteiger partial charge >= 0.3 is 0 Å². The van der Waals surface area contributed by atoms with Crippen LogP contribution in [0, 0.1) is 0 Å². The molecule has 1 atom stereocenters. The van der Waals surface area contributed by atoms with Gasteiger partial charge in [-0.2, -0.15) is 0 Å². The Morgan fingerprint density at radius 1 is 0.944 bits per heavy atom. The Kier molecular flexibility index (Phi) is 10.7. The first kappa shape index (κ1) is 17.9. The van der Waals surface area contributed by atoms with Crippen LogP contribution in [0.3, 0.4) is 0 Å². The zero-order valence-electron chi connectivity index (χ0n) is 12.7. The zero-order chi connectivity index (χ0) is 13.9. The fourth-order valence-electron chi connectivity index (χ4n) is 2.15. The van der Waals surface area contributed by atoms with E-state index in [1.54, 1.807) is 0 Å². The van der Waals surface area contributed by atoms with Gasteiger partial charge < -0.3 is 15.7 Å². The highest BCUT2D eigenvalue weighted by atomic mass is 16.3. The molecule has 0 rings (SSSR count). The van der Waals surface area contributed by atoms with Crippen LogP contribution in [0.2, 0.25) is 0 Å². The zero-order valence-corrected chi connectivity index (χ0v) is 12.7. The van der Waals surface area contributed by atoms with E-state index in [0.717, 1.165) is 25.8 Å². The highest BCUT2D eigenvalue weighted by Crippen LogP contribution is 2.16. The fourth-order valence-corrected chi connectivity index (χ4v) is 2.15. The number of hydrogen-bond donors (Lipinski definition) is 2. The number of hydrogen-bond acceptors (Lipinski definition) is 3. The van der Waals surface area contributed by atoms with E-state index in [4.69, 9.17) is 5.73 Å². The molecule has 3 N–H and O–H groups in total. The summed E-state index contributed by atoms with van der Waals surface area (Å²) in [7, 11) is 0. The van der Waals surface area contributed by atoms with Gasteiger partial charge in [-0.25, -0.2) is 0 Å². The van der Waals surface area contributed by atoms with E-state index in [1.807, 2.05) is 6.92 Å². The third kappa shape index (κ3) is 8.06. The summed E-state index contributed by atoms with van der Waals surface area (Å²) in [5.74, 6) is 0. The van der Waals surface area contributed by atoms with Gasteiger partial charge in [0.1, 0.15) is 0 Å². The third-order valence-electron chi connectivity index (χ3n) is 3.81. The quantitative estimate of drug-likeness (QED) is 0.566. The Morgan fingerprint density at radius 2 is 1.44 bits per heavy atom. The second-order valence-electron chi connectivity index (χ2n) is 5.43. The SMILES string of the molecule is CCCCN(CCCC)CCCC(O)(CC)CN. The fraction of sp³-hybridized carbons (Fsp3) is 1.00. The molecule has 18 heavy (non-hydrogen) atoms. The van der Waals surface area contributed by atoms with Crippen molar-refractivity contribution in [3.05, 3.63) is 0 Å². The molecule has 0 aromatic rings. The molecule has 0 saturated carbocycles. The van der Waals surface area contributed by atoms with Crippen LogP contribution in [-0.4, -0.2) is 41.8 Å². The normalized spacial score (nSPS) is 15.0. The molecule has 1 unspecified atom stereocenters. The van der Waals surface area contributed by atoms with Gasteiger partial charge in [0.05, 0.1) is 5.60 Å². The van der Waals surface area contributed by atoms with E-state index >= 15 is 0 Å². The summed E-state index contributed by atoms with van der Waals surface area (Å²) >= 11 is 0. The van der Waals surface area contributed by atoms with Crippen LogP contribution in [0.4, 0.5) is 0 Å². The van der Waals surface area contributed by atoms with Crippen LogP contribution in [0.15, 0.2) is 0 Å². The van der Waals surface area contributed by atoms with E-state index < -0.39 is 5.60 Å². The lowest BCUT2D eigenvalue weighted by Gasteiger charge is -2.27. The lowest BCUT2D eigenvalue weighted by Crippen LogP contribution is -2.38. The van der Waals surface area contributed by atoms with Gasteiger partial charge in [0.25, 0.3) is 0 Å². The van der Waals surface area contributed by atoms with E-state index in [1.165, 1.54) is 38.8 Å². The second kappa shape index (κ2) is 10.8. The van der Waals surface area contributed by atoms with Crippen molar-refractivity contribution in [2.24, 2.45) is 5.73 Å². The standard InChI is InChI=1S/C15H34N2O/c1-4-7-11-17(12-8-5-2)13-9-10-15(18,6-3)14-16/h18H,4-14,16H2,1-3H3. The van der Waals surface area contributed by atoms with E-state index in [9.17, 15) is 5.11 Å². The molecule has 0 aliphatic rings. The molecule has 0 saturated heterocycles. The molecule has 0 heterocycles. The average molecular weight is 258 g/mol. The van der Waals surface area contributed by atoms with Gasteiger partial charge in [0, 0.05) is 6.54 Å². The van der Waals surface area contributed by atoms with Crippen molar-refractivity contribution in [1.29, 1.82) is 0 Å². The minimum atomic E-state index is -0.638. The Bertz CT molecular complexity index is 173. The second-order valence-corrected chi connectivity index (χ2v) is 5.43. The largest absolute Gasteiger partial charge is 0.389 e.